The maximum atomic E-state index is 14.3. The molecular formula is C27H39F3O. The fraction of sp³-hybridized carbons (Fsp3) is 0.704. The smallest absolute Gasteiger partial charge is 0.200 e. The molecule has 1 nitrogen and oxygen atoms in total. The van der Waals surface area contributed by atoms with Crippen LogP contribution in [0.2, 0.25) is 0 Å². The van der Waals surface area contributed by atoms with E-state index in [9.17, 15) is 13.2 Å². The topological polar surface area (TPSA) is 9.23 Å². The Bertz CT molecular complexity index is 713. The molecule has 0 amide bonds. The van der Waals surface area contributed by atoms with Crippen molar-refractivity contribution in [1.82, 2.24) is 0 Å². The molecule has 0 aromatic heterocycles. The van der Waals surface area contributed by atoms with Crippen LogP contribution in [-0.2, 0) is 6.42 Å². The van der Waals surface area contributed by atoms with Gasteiger partial charge in [0.05, 0.1) is 12.4 Å². The Morgan fingerprint density at radius 1 is 0.935 bits per heavy atom. The van der Waals surface area contributed by atoms with Gasteiger partial charge in [-0.15, -0.1) is 0 Å². The summed E-state index contributed by atoms with van der Waals surface area (Å²) < 4.78 is 47.3. The number of ether oxygens (including phenoxy) is 1. The summed E-state index contributed by atoms with van der Waals surface area (Å²) in [6, 6.07) is 3.22. The average molecular weight is 437 g/mol. The predicted octanol–water partition coefficient (Wildman–Crippen LogP) is 8.56. The summed E-state index contributed by atoms with van der Waals surface area (Å²) in [6.45, 7) is 4.11. The first-order chi connectivity index (χ1) is 15.0. The molecule has 0 heterocycles. The van der Waals surface area contributed by atoms with E-state index in [0.29, 0.717) is 36.8 Å². The van der Waals surface area contributed by atoms with E-state index in [1.54, 1.807) is 19.1 Å². The first kappa shape index (κ1) is 24.2. The lowest BCUT2D eigenvalue weighted by Crippen LogP contribution is -2.25. The molecule has 2 saturated carbocycles. The molecule has 0 atom stereocenters. The SMILES string of the molecule is CCC/C(F)=C/C1CCC(C2CCC(CCc3ccc(OCC)c(F)c3F)CC2)CC1. The summed E-state index contributed by atoms with van der Waals surface area (Å²) in [5, 5.41) is 0. The highest BCUT2D eigenvalue weighted by atomic mass is 19.2. The zero-order chi connectivity index (χ0) is 22.2. The van der Waals surface area contributed by atoms with Crippen molar-refractivity contribution in [1.29, 1.82) is 0 Å². The van der Waals surface area contributed by atoms with Crippen LogP contribution in [-0.4, -0.2) is 6.61 Å². The molecule has 1 aromatic rings. The van der Waals surface area contributed by atoms with E-state index in [0.717, 1.165) is 37.5 Å². The third kappa shape index (κ3) is 6.76. The van der Waals surface area contributed by atoms with Gasteiger partial charge in [0, 0.05) is 0 Å². The van der Waals surface area contributed by atoms with Crippen LogP contribution in [0.25, 0.3) is 0 Å². The molecule has 0 N–H and O–H groups in total. The normalized spacial score (nSPS) is 27.3. The fourth-order valence-corrected chi connectivity index (χ4v) is 5.70. The van der Waals surface area contributed by atoms with Crippen molar-refractivity contribution in [2.75, 3.05) is 6.61 Å². The highest BCUT2D eigenvalue weighted by Crippen LogP contribution is 2.42. The van der Waals surface area contributed by atoms with Gasteiger partial charge in [0.25, 0.3) is 0 Å². The van der Waals surface area contributed by atoms with Gasteiger partial charge >= 0.3 is 0 Å². The van der Waals surface area contributed by atoms with Crippen LogP contribution in [0, 0.1) is 35.3 Å². The molecule has 2 aliphatic carbocycles. The average Bonchev–Trinajstić information content (AvgIpc) is 2.78. The third-order valence-electron chi connectivity index (χ3n) is 7.53. The van der Waals surface area contributed by atoms with Crippen LogP contribution in [0.3, 0.4) is 0 Å². The maximum absolute atomic E-state index is 14.3. The quantitative estimate of drug-likeness (QED) is 0.377. The first-order valence-corrected chi connectivity index (χ1v) is 12.5. The summed E-state index contributed by atoms with van der Waals surface area (Å²) in [4.78, 5) is 0. The van der Waals surface area contributed by atoms with Crippen molar-refractivity contribution in [2.24, 2.45) is 23.7 Å². The molecule has 0 unspecified atom stereocenters. The van der Waals surface area contributed by atoms with E-state index in [4.69, 9.17) is 4.74 Å². The molecule has 2 aliphatic rings. The van der Waals surface area contributed by atoms with Crippen LogP contribution in [0.4, 0.5) is 13.2 Å². The van der Waals surface area contributed by atoms with Crippen LogP contribution in [0.15, 0.2) is 24.0 Å². The maximum Gasteiger partial charge on any atom is 0.200 e. The second-order valence-corrected chi connectivity index (χ2v) is 9.64. The van der Waals surface area contributed by atoms with Gasteiger partial charge in [-0.3, -0.25) is 0 Å². The first-order valence-electron chi connectivity index (χ1n) is 12.5. The lowest BCUT2D eigenvalue weighted by atomic mass is 9.68. The van der Waals surface area contributed by atoms with Gasteiger partial charge < -0.3 is 4.74 Å². The summed E-state index contributed by atoms with van der Waals surface area (Å²) in [6.07, 6.45) is 14.5. The number of halogens is 3. The zero-order valence-electron chi connectivity index (χ0n) is 19.3. The molecule has 2 fully saturated rings. The van der Waals surface area contributed by atoms with E-state index < -0.39 is 11.6 Å². The standard InChI is InChI=1S/C27H39F3O/c1-3-5-24(28)18-20-9-13-22(14-10-20)21-11-6-19(7-12-21)8-15-23-16-17-25(31-4-2)27(30)26(23)29/h16-22H,3-15H2,1-2H3/b24-18-. The second-order valence-electron chi connectivity index (χ2n) is 9.64. The molecule has 0 bridgehead atoms. The summed E-state index contributed by atoms with van der Waals surface area (Å²) in [5.41, 5.74) is 0.463. The van der Waals surface area contributed by atoms with Crippen LogP contribution >= 0.6 is 0 Å². The number of allylic oxidation sites excluding steroid dienone is 2. The molecular weight excluding hydrogens is 397 g/mol. The zero-order valence-corrected chi connectivity index (χ0v) is 19.3. The van der Waals surface area contributed by atoms with Crippen molar-refractivity contribution < 1.29 is 17.9 Å². The Hall–Kier alpha value is -1.45. The highest BCUT2D eigenvalue weighted by Gasteiger charge is 2.30. The van der Waals surface area contributed by atoms with Gasteiger partial charge in [0.1, 0.15) is 0 Å². The van der Waals surface area contributed by atoms with Crippen LogP contribution < -0.4 is 4.74 Å². The third-order valence-corrected chi connectivity index (χ3v) is 7.53. The van der Waals surface area contributed by atoms with Crippen molar-refractivity contribution in [3.8, 4) is 5.75 Å². The molecule has 174 valence electrons. The fourth-order valence-electron chi connectivity index (χ4n) is 5.70. The van der Waals surface area contributed by atoms with E-state index in [2.05, 4.69) is 0 Å². The molecule has 1 aromatic carbocycles. The summed E-state index contributed by atoms with van der Waals surface area (Å²) >= 11 is 0. The van der Waals surface area contributed by atoms with Crippen LogP contribution in [0.1, 0.15) is 90.0 Å². The molecule has 0 saturated heterocycles. The lowest BCUT2D eigenvalue weighted by Gasteiger charge is -2.37. The minimum atomic E-state index is -0.858. The predicted molar refractivity (Wildman–Crippen MR) is 121 cm³/mol. The van der Waals surface area contributed by atoms with Gasteiger partial charge in [-0.25, -0.2) is 8.78 Å². The molecule has 0 radical (unpaired) electrons. The Kier molecular flexibility index (Phi) is 9.34. The van der Waals surface area contributed by atoms with Gasteiger partial charge in [-0.05, 0) is 113 Å². The van der Waals surface area contributed by atoms with Gasteiger partial charge in [-0.1, -0.05) is 25.8 Å². The number of hydrogen-bond donors (Lipinski definition) is 0. The van der Waals surface area contributed by atoms with Crippen molar-refractivity contribution in [3.05, 3.63) is 41.2 Å². The Balaban J connectivity index is 1.41. The van der Waals surface area contributed by atoms with Gasteiger partial charge in [0.15, 0.2) is 11.6 Å². The monoisotopic (exact) mass is 436 g/mol. The number of rotatable bonds is 9. The second kappa shape index (κ2) is 12.0. The van der Waals surface area contributed by atoms with Gasteiger partial charge in [0.2, 0.25) is 5.82 Å². The minimum Gasteiger partial charge on any atom is -0.491 e. The Morgan fingerprint density at radius 2 is 1.58 bits per heavy atom. The molecule has 4 heteroatoms. The summed E-state index contributed by atoms with van der Waals surface area (Å²) in [5.74, 6) is 1.09. The molecule has 3 rings (SSSR count). The van der Waals surface area contributed by atoms with Crippen molar-refractivity contribution >= 4 is 0 Å². The minimum absolute atomic E-state index is 0.00238. The highest BCUT2D eigenvalue weighted by molar-refractivity contribution is 5.31. The lowest BCUT2D eigenvalue weighted by molar-refractivity contribution is 0.152. The number of aryl methyl sites for hydroxylation is 1. The summed E-state index contributed by atoms with van der Waals surface area (Å²) in [7, 11) is 0. The van der Waals surface area contributed by atoms with Crippen molar-refractivity contribution in [3.63, 3.8) is 0 Å². The Labute approximate surface area is 186 Å². The van der Waals surface area contributed by atoms with E-state index in [1.807, 2.05) is 13.0 Å². The largest absolute Gasteiger partial charge is 0.491 e. The Morgan fingerprint density at radius 3 is 2.19 bits per heavy atom. The van der Waals surface area contributed by atoms with E-state index in [-0.39, 0.29) is 11.6 Å². The number of hydrogen-bond acceptors (Lipinski definition) is 1. The molecule has 0 aliphatic heterocycles. The van der Waals surface area contributed by atoms with Gasteiger partial charge in [-0.2, -0.15) is 4.39 Å². The van der Waals surface area contributed by atoms with E-state index >= 15 is 0 Å². The molecule has 0 spiro atoms. The van der Waals surface area contributed by atoms with Crippen LogP contribution in [0.5, 0.6) is 5.75 Å². The molecule has 31 heavy (non-hydrogen) atoms. The van der Waals surface area contributed by atoms with E-state index in [1.165, 1.54) is 38.5 Å². The number of benzene rings is 1. The van der Waals surface area contributed by atoms with Crippen molar-refractivity contribution in [2.45, 2.75) is 90.9 Å².